The van der Waals surface area contributed by atoms with Crippen molar-refractivity contribution in [2.45, 2.75) is 63.6 Å². The third-order valence-corrected chi connectivity index (χ3v) is 7.04. The lowest BCUT2D eigenvalue weighted by Crippen LogP contribution is -2.59. The lowest BCUT2D eigenvalue weighted by molar-refractivity contribution is 0.205. The second-order valence-corrected chi connectivity index (χ2v) is 9.59. The molecule has 0 saturated carbocycles. The average Bonchev–Trinajstić information content (AvgIpc) is 3.35. The van der Waals surface area contributed by atoms with E-state index < -0.39 is 0 Å². The van der Waals surface area contributed by atoms with Crippen LogP contribution in [0.25, 0.3) is 22.4 Å². The van der Waals surface area contributed by atoms with Gasteiger partial charge in [-0.25, -0.2) is 0 Å². The van der Waals surface area contributed by atoms with Gasteiger partial charge in [0, 0.05) is 41.0 Å². The lowest BCUT2D eigenvalue weighted by atomic mass is 9.84. The topological polar surface area (TPSA) is 90.0 Å². The number of aromatic amines is 1. The Morgan fingerprint density at radius 2 is 1.84 bits per heavy atom. The second kappa shape index (κ2) is 7.34. The molecule has 31 heavy (non-hydrogen) atoms. The fourth-order valence-electron chi connectivity index (χ4n) is 5.61. The smallest absolute Gasteiger partial charge is 0.151 e. The zero-order valence-electron chi connectivity index (χ0n) is 18.4. The molecule has 4 heterocycles. The van der Waals surface area contributed by atoms with Crippen molar-refractivity contribution < 1.29 is 5.11 Å². The van der Waals surface area contributed by atoms with Crippen LogP contribution in [0.5, 0.6) is 5.75 Å². The Labute approximate surface area is 182 Å². The van der Waals surface area contributed by atoms with E-state index in [4.69, 9.17) is 0 Å². The summed E-state index contributed by atoms with van der Waals surface area (Å²) >= 11 is 0. The van der Waals surface area contributed by atoms with Crippen molar-refractivity contribution in [1.29, 1.82) is 0 Å². The van der Waals surface area contributed by atoms with E-state index in [1.54, 1.807) is 18.5 Å². The number of aromatic hydroxyl groups is 1. The summed E-state index contributed by atoms with van der Waals surface area (Å²) in [6, 6.07) is 10.0. The molecular weight excluding hydrogens is 388 g/mol. The minimum absolute atomic E-state index is 0.184. The molecule has 0 unspecified atom stereocenters. The first-order valence-corrected chi connectivity index (χ1v) is 11.1. The van der Waals surface area contributed by atoms with Gasteiger partial charge in [0.2, 0.25) is 0 Å². The van der Waals surface area contributed by atoms with Gasteiger partial charge in [0.1, 0.15) is 5.75 Å². The van der Waals surface area contributed by atoms with Crippen molar-refractivity contribution in [2.24, 2.45) is 0 Å². The van der Waals surface area contributed by atoms with Gasteiger partial charge in [-0.15, -0.1) is 10.2 Å². The fraction of sp³-hybridized carbons (Fsp3) is 0.458. The highest BCUT2D eigenvalue weighted by atomic mass is 16.3. The molecule has 7 nitrogen and oxygen atoms in total. The van der Waals surface area contributed by atoms with Gasteiger partial charge in [0.15, 0.2) is 5.82 Å². The van der Waals surface area contributed by atoms with Crippen LogP contribution in [0.2, 0.25) is 0 Å². The van der Waals surface area contributed by atoms with Crippen LogP contribution in [0.4, 0.5) is 5.82 Å². The van der Waals surface area contributed by atoms with Crippen molar-refractivity contribution in [3.05, 3.63) is 42.7 Å². The molecule has 2 saturated heterocycles. The van der Waals surface area contributed by atoms with Crippen molar-refractivity contribution in [3.8, 4) is 28.1 Å². The van der Waals surface area contributed by atoms with Gasteiger partial charge < -0.3 is 15.3 Å². The van der Waals surface area contributed by atoms with E-state index >= 15 is 0 Å². The molecule has 2 aromatic heterocycles. The van der Waals surface area contributed by atoms with Gasteiger partial charge in [-0.2, -0.15) is 5.10 Å². The van der Waals surface area contributed by atoms with E-state index in [0.29, 0.717) is 17.3 Å². The van der Waals surface area contributed by atoms with Crippen LogP contribution < -0.4 is 10.2 Å². The molecule has 162 valence electrons. The predicted molar refractivity (Wildman–Crippen MR) is 122 cm³/mol. The maximum Gasteiger partial charge on any atom is 0.151 e. The summed E-state index contributed by atoms with van der Waals surface area (Å²) < 4.78 is 0. The number of hydrogen-bond donors (Lipinski definition) is 3. The summed E-state index contributed by atoms with van der Waals surface area (Å²) in [5.41, 5.74) is 3.59. The van der Waals surface area contributed by atoms with E-state index in [1.807, 2.05) is 24.3 Å². The Morgan fingerprint density at radius 3 is 2.42 bits per heavy atom. The van der Waals surface area contributed by atoms with Crippen molar-refractivity contribution in [1.82, 2.24) is 25.7 Å². The molecule has 0 aliphatic carbocycles. The van der Waals surface area contributed by atoms with E-state index in [-0.39, 0.29) is 16.8 Å². The SMILES string of the molecule is CCN(c1ccc(-c2ccc(-c3cn[nH]c3)cc2O)nn1)[C@H]1C[C@]2(C)CC[C@](C)(C1)N2. The average molecular weight is 419 g/mol. The Bertz CT molecular complexity index is 1050. The molecule has 0 spiro atoms. The van der Waals surface area contributed by atoms with E-state index in [0.717, 1.165) is 36.3 Å². The highest BCUT2D eigenvalue weighted by Crippen LogP contribution is 2.44. The molecule has 2 aliphatic heterocycles. The Kier molecular flexibility index (Phi) is 4.73. The first kappa shape index (κ1) is 20.0. The Hall–Kier alpha value is -2.93. The molecule has 2 fully saturated rings. The number of aromatic nitrogens is 4. The summed E-state index contributed by atoms with van der Waals surface area (Å²) in [5, 5.41) is 30.2. The first-order valence-electron chi connectivity index (χ1n) is 11.1. The van der Waals surface area contributed by atoms with Gasteiger partial charge in [-0.05, 0) is 76.3 Å². The highest BCUT2D eigenvalue weighted by Gasteiger charge is 2.49. The summed E-state index contributed by atoms with van der Waals surface area (Å²) in [6.07, 6.45) is 8.24. The molecule has 3 aromatic rings. The van der Waals surface area contributed by atoms with Crippen molar-refractivity contribution >= 4 is 5.82 Å². The molecule has 1 aromatic carbocycles. The first-order chi connectivity index (χ1) is 14.9. The van der Waals surface area contributed by atoms with Gasteiger partial charge in [-0.1, -0.05) is 6.07 Å². The van der Waals surface area contributed by atoms with Crippen LogP contribution in [-0.2, 0) is 0 Å². The highest BCUT2D eigenvalue weighted by molar-refractivity contribution is 5.73. The molecule has 3 atom stereocenters. The van der Waals surface area contributed by atoms with E-state index in [1.165, 1.54) is 12.8 Å². The van der Waals surface area contributed by atoms with E-state index in [9.17, 15) is 5.11 Å². The number of hydrogen-bond acceptors (Lipinski definition) is 6. The third-order valence-electron chi connectivity index (χ3n) is 7.04. The Morgan fingerprint density at radius 1 is 1.06 bits per heavy atom. The van der Waals surface area contributed by atoms with Crippen molar-refractivity contribution in [2.75, 3.05) is 11.4 Å². The van der Waals surface area contributed by atoms with E-state index in [2.05, 4.69) is 51.4 Å². The van der Waals surface area contributed by atoms with Crippen LogP contribution in [0.15, 0.2) is 42.7 Å². The van der Waals surface area contributed by atoms with Crippen LogP contribution in [-0.4, -0.2) is 49.2 Å². The molecular formula is C24H30N6O. The molecule has 0 amide bonds. The van der Waals surface area contributed by atoms with Crippen LogP contribution >= 0.6 is 0 Å². The van der Waals surface area contributed by atoms with Crippen molar-refractivity contribution in [3.63, 3.8) is 0 Å². The third kappa shape index (κ3) is 3.67. The maximum absolute atomic E-state index is 10.6. The number of H-pyrrole nitrogens is 1. The number of nitrogens with one attached hydrogen (secondary N) is 2. The van der Waals surface area contributed by atoms with Crippen LogP contribution in [0.3, 0.4) is 0 Å². The summed E-state index contributed by atoms with van der Waals surface area (Å²) in [5.74, 6) is 1.09. The summed E-state index contributed by atoms with van der Waals surface area (Å²) in [6.45, 7) is 7.78. The zero-order valence-corrected chi connectivity index (χ0v) is 18.4. The molecule has 7 heteroatoms. The zero-order chi connectivity index (χ0) is 21.6. The molecule has 0 radical (unpaired) electrons. The molecule has 2 bridgehead atoms. The largest absolute Gasteiger partial charge is 0.507 e. The number of fused-ring (bicyclic) bond motifs is 2. The van der Waals surface area contributed by atoms with Crippen LogP contribution in [0, 0.1) is 0 Å². The predicted octanol–water partition coefficient (Wildman–Crippen LogP) is 4.13. The number of piperidine rings is 1. The maximum atomic E-state index is 10.6. The number of anilines is 1. The number of phenolic OH excluding ortho intramolecular Hbond substituents is 1. The second-order valence-electron chi connectivity index (χ2n) is 9.59. The molecule has 2 aliphatic rings. The number of phenols is 1. The quantitative estimate of drug-likeness (QED) is 0.577. The number of nitrogens with zero attached hydrogens (tertiary/aromatic N) is 4. The molecule has 5 rings (SSSR count). The summed E-state index contributed by atoms with van der Waals surface area (Å²) in [7, 11) is 0. The van der Waals surface area contributed by atoms with Gasteiger partial charge in [0.25, 0.3) is 0 Å². The normalized spacial score (nSPS) is 27.4. The van der Waals surface area contributed by atoms with Gasteiger partial charge in [0.05, 0.1) is 11.9 Å². The lowest BCUT2D eigenvalue weighted by Gasteiger charge is -2.46. The number of rotatable bonds is 5. The molecule has 3 N–H and O–H groups in total. The minimum atomic E-state index is 0.184. The van der Waals surface area contributed by atoms with Gasteiger partial charge >= 0.3 is 0 Å². The monoisotopic (exact) mass is 418 g/mol. The summed E-state index contributed by atoms with van der Waals surface area (Å²) in [4.78, 5) is 2.39. The van der Waals surface area contributed by atoms with Gasteiger partial charge in [-0.3, -0.25) is 5.10 Å². The standard InChI is InChI=1S/C24H30N6O/c1-4-30(18-12-23(2)9-10-24(3,13-18)29-23)22-8-7-20(27-28-22)19-6-5-16(11-21(19)31)17-14-25-26-15-17/h5-8,11,14-15,18,29,31H,4,9-10,12-13H2,1-3H3,(H,25,26)/t18-,23-,24+. The fourth-order valence-corrected chi connectivity index (χ4v) is 5.61. The van der Waals surface area contributed by atoms with Crippen LogP contribution in [0.1, 0.15) is 46.5 Å². The minimum Gasteiger partial charge on any atom is -0.507 e. The number of benzene rings is 1. The Balaban J connectivity index is 1.38.